The first-order valence-corrected chi connectivity index (χ1v) is 7.92. The predicted octanol–water partition coefficient (Wildman–Crippen LogP) is 3.37. The molecule has 0 aliphatic heterocycles. The molecule has 0 bridgehead atoms. The van der Waals surface area contributed by atoms with Gasteiger partial charge in [-0.15, -0.1) is 0 Å². The maximum atomic E-state index is 12.2. The number of thioether (sulfide) groups is 1. The van der Waals surface area contributed by atoms with Crippen LogP contribution in [0.2, 0.25) is 0 Å². The zero-order chi connectivity index (χ0) is 16.1. The molecule has 120 valence electrons. The van der Waals surface area contributed by atoms with Gasteiger partial charge in [-0.05, 0) is 49.9 Å². The van der Waals surface area contributed by atoms with Gasteiger partial charge in [-0.2, -0.15) is 8.78 Å². The molecule has 0 atom stereocenters. The van der Waals surface area contributed by atoms with Gasteiger partial charge >= 0.3 is 5.97 Å². The van der Waals surface area contributed by atoms with Crippen molar-refractivity contribution in [3.63, 3.8) is 0 Å². The number of nitrogens with one attached hydrogen (secondary N) is 1. The quantitative estimate of drug-likeness (QED) is 0.813. The largest absolute Gasteiger partial charge is 0.481 e. The summed E-state index contributed by atoms with van der Waals surface area (Å²) in [6, 6.07) is 5.99. The molecule has 4 nitrogen and oxygen atoms in total. The number of carbonyl (C=O) groups is 2. The Hall–Kier alpha value is -1.63. The third-order valence-electron chi connectivity index (χ3n) is 3.75. The number of hydrogen-bond donors (Lipinski definition) is 2. The Morgan fingerprint density at radius 2 is 1.73 bits per heavy atom. The van der Waals surface area contributed by atoms with Gasteiger partial charge in [-0.25, -0.2) is 0 Å². The van der Waals surface area contributed by atoms with Crippen LogP contribution in [0.5, 0.6) is 0 Å². The van der Waals surface area contributed by atoms with E-state index in [4.69, 9.17) is 5.11 Å². The predicted molar refractivity (Wildman–Crippen MR) is 79.2 cm³/mol. The summed E-state index contributed by atoms with van der Waals surface area (Å²) < 4.78 is 24.4. The minimum absolute atomic E-state index is 0.0294. The normalized spacial score (nSPS) is 21.6. The lowest BCUT2D eigenvalue weighted by molar-refractivity contribution is -0.142. The average molecular weight is 329 g/mol. The van der Waals surface area contributed by atoms with Crippen LogP contribution in [0.1, 0.15) is 36.0 Å². The first kappa shape index (κ1) is 16.7. The molecule has 1 aliphatic carbocycles. The third kappa shape index (κ3) is 4.69. The highest BCUT2D eigenvalue weighted by Gasteiger charge is 2.26. The molecule has 2 N–H and O–H groups in total. The lowest BCUT2D eigenvalue weighted by atomic mass is 9.86. The van der Waals surface area contributed by atoms with Gasteiger partial charge in [-0.1, -0.05) is 11.8 Å². The lowest BCUT2D eigenvalue weighted by Gasteiger charge is -2.26. The number of amides is 1. The van der Waals surface area contributed by atoms with E-state index in [1.165, 1.54) is 24.3 Å². The summed E-state index contributed by atoms with van der Waals surface area (Å²) in [5, 5.41) is 11.8. The molecule has 0 saturated heterocycles. The Kier molecular flexibility index (Phi) is 5.76. The van der Waals surface area contributed by atoms with E-state index in [0.29, 0.717) is 47.9 Å². The van der Waals surface area contributed by atoms with Crippen LogP contribution < -0.4 is 5.32 Å². The van der Waals surface area contributed by atoms with Crippen LogP contribution in [0.3, 0.4) is 0 Å². The molecule has 1 amide bonds. The minimum atomic E-state index is -2.48. The van der Waals surface area contributed by atoms with Crippen molar-refractivity contribution < 1.29 is 23.5 Å². The Balaban J connectivity index is 1.86. The molecule has 0 aromatic heterocycles. The molecular weight excluding hydrogens is 312 g/mol. The lowest BCUT2D eigenvalue weighted by Crippen LogP contribution is -2.38. The standard InChI is InChI=1S/C15H17F2NO3S/c16-15(17)22-12-7-3-9(4-8-12)13(19)18-11-5-1-10(2-6-11)14(20)21/h3-4,7-8,10-11,15H,1-2,5-6H2,(H,18,19)(H,20,21). The molecule has 22 heavy (non-hydrogen) atoms. The highest BCUT2D eigenvalue weighted by atomic mass is 32.2. The number of benzene rings is 1. The molecule has 1 aromatic carbocycles. The zero-order valence-corrected chi connectivity index (χ0v) is 12.6. The van der Waals surface area contributed by atoms with Gasteiger partial charge in [0.2, 0.25) is 0 Å². The molecule has 1 aromatic rings. The number of halogens is 2. The molecule has 2 rings (SSSR count). The average Bonchev–Trinajstić information content (AvgIpc) is 2.48. The second-order valence-electron chi connectivity index (χ2n) is 5.26. The summed E-state index contributed by atoms with van der Waals surface area (Å²) in [6.07, 6.45) is 2.40. The highest BCUT2D eigenvalue weighted by Crippen LogP contribution is 2.26. The smallest absolute Gasteiger partial charge is 0.306 e. The topological polar surface area (TPSA) is 66.4 Å². The Bertz CT molecular complexity index is 528. The molecule has 0 radical (unpaired) electrons. The van der Waals surface area contributed by atoms with Crippen LogP contribution in [-0.4, -0.2) is 28.8 Å². The van der Waals surface area contributed by atoms with Gasteiger partial charge in [0.1, 0.15) is 0 Å². The molecule has 1 fully saturated rings. The van der Waals surface area contributed by atoms with Crippen molar-refractivity contribution in [2.75, 3.05) is 0 Å². The van der Waals surface area contributed by atoms with Crippen molar-refractivity contribution in [3.8, 4) is 0 Å². The van der Waals surface area contributed by atoms with E-state index in [1.807, 2.05) is 0 Å². The maximum absolute atomic E-state index is 12.2. The molecule has 1 saturated carbocycles. The van der Waals surface area contributed by atoms with Crippen LogP contribution in [0.4, 0.5) is 8.78 Å². The number of hydrogen-bond acceptors (Lipinski definition) is 3. The Labute approximate surface area is 131 Å². The summed E-state index contributed by atoms with van der Waals surface area (Å²) in [5.74, 6) is -3.84. The van der Waals surface area contributed by atoms with Crippen LogP contribution >= 0.6 is 11.8 Å². The van der Waals surface area contributed by atoms with Crippen molar-refractivity contribution in [1.29, 1.82) is 0 Å². The van der Waals surface area contributed by atoms with Crippen LogP contribution in [-0.2, 0) is 4.79 Å². The van der Waals surface area contributed by atoms with E-state index >= 15 is 0 Å². The SMILES string of the molecule is O=C(NC1CCC(C(=O)O)CC1)c1ccc(SC(F)F)cc1. The Morgan fingerprint density at radius 1 is 1.14 bits per heavy atom. The zero-order valence-electron chi connectivity index (χ0n) is 11.8. The number of carbonyl (C=O) groups excluding carboxylic acids is 1. The van der Waals surface area contributed by atoms with Crippen molar-refractivity contribution in [2.45, 2.75) is 42.4 Å². The van der Waals surface area contributed by atoms with Gasteiger partial charge in [-0.3, -0.25) is 9.59 Å². The summed E-state index contributed by atoms with van der Waals surface area (Å²) in [5.41, 5.74) is 0.416. The first-order chi connectivity index (χ1) is 10.5. The van der Waals surface area contributed by atoms with Gasteiger partial charge in [0.25, 0.3) is 11.7 Å². The Morgan fingerprint density at radius 3 is 2.23 bits per heavy atom. The highest BCUT2D eigenvalue weighted by molar-refractivity contribution is 7.99. The summed E-state index contributed by atoms with van der Waals surface area (Å²) in [6.45, 7) is 0. The van der Waals surface area contributed by atoms with E-state index in [2.05, 4.69) is 5.32 Å². The van der Waals surface area contributed by atoms with Gasteiger partial charge in [0, 0.05) is 16.5 Å². The van der Waals surface area contributed by atoms with Crippen molar-refractivity contribution in [2.24, 2.45) is 5.92 Å². The maximum Gasteiger partial charge on any atom is 0.306 e. The monoisotopic (exact) mass is 329 g/mol. The van der Waals surface area contributed by atoms with Crippen LogP contribution in [0.15, 0.2) is 29.2 Å². The second kappa shape index (κ2) is 7.58. The van der Waals surface area contributed by atoms with Gasteiger partial charge in [0.05, 0.1) is 5.92 Å². The fourth-order valence-electron chi connectivity index (χ4n) is 2.54. The van der Waals surface area contributed by atoms with Crippen molar-refractivity contribution in [3.05, 3.63) is 29.8 Å². The van der Waals surface area contributed by atoms with Crippen molar-refractivity contribution in [1.82, 2.24) is 5.32 Å². The van der Waals surface area contributed by atoms with E-state index < -0.39 is 11.7 Å². The number of rotatable bonds is 5. The summed E-state index contributed by atoms with van der Waals surface area (Å²) >= 11 is 0.437. The van der Waals surface area contributed by atoms with E-state index in [0.717, 1.165) is 0 Å². The van der Waals surface area contributed by atoms with E-state index in [-0.39, 0.29) is 17.9 Å². The summed E-state index contributed by atoms with van der Waals surface area (Å²) in [7, 11) is 0. The number of alkyl halides is 2. The number of carboxylic acids is 1. The molecule has 1 aliphatic rings. The molecular formula is C15H17F2NO3S. The number of carboxylic acid groups (broad SMARTS) is 1. The number of aliphatic carboxylic acids is 1. The van der Waals surface area contributed by atoms with Crippen LogP contribution in [0.25, 0.3) is 0 Å². The first-order valence-electron chi connectivity index (χ1n) is 7.04. The molecule has 7 heteroatoms. The van der Waals surface area contributed by atoms with Crippen LogP contribution in [0, 0.1) is 5.92 Å². The molecule has 0 heterocycles. The molecule has 0 unspecified atom stereocenters. The third-order valence-corrected chi connectivity index (χ3v) is 4.48. The fourth-order valence-corrected chi connectivity index (χ4v) is 3.04. The minimum Gasteiger partial charge on any atom is -0.481 e. The molecule has 0 spiro atoms. The van der Waals surface area contributed by atoms with Gasteiger partial charge in [0.15, 0.2) is 0 Å². The fraction of sp³-hybridized carbons (Fsp3) is 0.467. The van der Waals surface area contributed by atoms with Crippen molar-refractivity contribution >= 4 is 23.6 Å². The second-order valence-corrected chi connectivity index (χ2v) is 6.33. The summed E-state index contributed by atoms with van der Waals surface area (Å²) in [4.78, 5) is 23.4. The van der Waals surface area contributed by atoms with Gasteiger partial charge < -0.3 is 10.4 Å². The van der Waals surface area contributed by atoms with E-state index in [9.17, 15) is 18.4 Å². The van der Waals surface area contributed by atoms with E-state index in [1.54, 1.807) is 0 Å².